The first-order valence-electron chi connectivity index (χ1n) is 4.64. The fourth-order valence-electron chi connectivity index (χ4n) is 1.14. The van der Waals surface area contributed by atoms with Gasteiger partial charge in [0.25, 0.3) is 0 Å². The van der Waals surface area contributed by atoms with Crippen LogP contribution in [0.3, 0.4) is 0 Å². The maximum atomic E-state index is 9.23. The van der Waals surface area contributed by atoms with E-state index in [4.69, 9.17) is 11.0 Å². The molecule has 0 saturated heterocycles. The molecule has 1 aromatic carbocycles. The number of nitrogens with zero attached hydrogens (tertiary/aromatic N) is 1. The molecule has 0 aliphatic rings. The standard InChI is InChI=1S/C12H10N2O2S/c13-7-9(12(14)17)3-1-2-8-4-10(15)6-11(16)5-8/h1-6,15-16H,(H2,14,17)/b2-1+,9-3+. The van der Waals surface area contributed by atoms with Gasteiger partial charge in [-0.05, 0) is 23.8 Å². The fraction of sp³-hybridized carbons (Fsp3) is 0. The number of nitrogens with two attached hydrogens (primary N) is 1. The first kappa shape index (κ1) is 12.7. The van der Waals surface area contributed by atoms with Crippen LogP contribution in [0.15, 0.2) is 35.9 Å². The minimum absolute atomic E-state index is 0.0240. The topological polar surface area (TPSA) is 90.3 Å². The van der Waals surface area contributed by atoms with E-state index in [2.05, 4.69) is 12.2 Å². The van der Waals surface area contributed by atoms with Crippen molar-refractivity contribution in [3.05, 3.63) is 41.5 Å². The van der Waals surface area contributed by atoms with Crippen molar-refractivity contribution >= 4 is 23.3 Å². The summed E-state index contributed by atoms with van der Waals surface area (Å²) in [6.07, 6.45) is 4.63. The minimum atomic E-state index is -0.0384. The number of phenolic OH excluding ortho intramolecular Hbond substituents is 2. The average Bonchev–Trinajstić information content (AvgIpc) is 2.22. The Hall–Kier alpha value is -2.32. The maximum Gasteiger partial charge on any atom is 0.119 e. The molecule has 0 heterocycles. The molecule has 1 rings (SSSR count). The van der Waals surface area contributed by atoms with E-state index in [0.717, 1.165) is 0 Å². The predicted octanol–water partition coefficient (Wildman–Crippen LogP) is 1.85. The van der Waals surface area contributed by atoms with Crippen molar-refractivity contribution < 1.29 is 10.2 Å². The van der Waals surface area contributed by atoms with E-state index in [-0.39, 0.29) is 22.1 Å². The molecule has 0 atom stereocenters. The summed E-state index contributed by atoms with van der Waals surface area (Å²) in [5.41, 5.74) is 6.09. The maximum absolute atomic E-state index is 9.23. The van der Waals surface area contributed by atoms with Crippen LogP contribution in [0.5, 0.6) is 11.5 Å². The third-order valence-electron chi connectivity index (χ3n) is 1.86. The van der Waals surface area contributed by atoms with Gasteiger partial charge in [-0.2, -0.15) is 5.26 Å². The molecule has 5 heteroatoms. The Morgan fingerprint density at radius 1 is 1.29 bits per heavy atom. The average molecular weight is 246 g/mol. The zero-order valence-electron chi connectivity index (χ0n) is 8.79. The van der Waals surface area contributed by atoms with Crippen LogP contribution < -0.4 is 5.73 Å². The molecule has 1 aromatic rings. The normalized spacial score (nSPS) is 11.4. The summed E-state index contributed by atoms with van der Waals surface area (Å²) < 4.78 is 0. The van der Waals surface area contributed by atoms with Gasteiger partial charge in [0.05, 0.1) is 5.57 Å². The summed E-state index contributed by atoms with van der Waals surface area (Å²) >= 11 is 4.66. The smallest absolute Gasteiger partial charge is 0.119 e. The lowest BCUT2D eigenvalue weighted by atomic mass is 10.1. The third-order valence-corrected chi connectivity index (χ3v) is 2.08. The Bertz CT molecular complexity index is 522. The highest BCUT2D eigenvalue weighted by molar-refractivity contribution is 7.80. The number of aromatic hydroxyl groups is 2. The second-order valence-corrected chi connectivity index (χ2v) is 3.64. The molecule has 0 aliphatic heterocycles. The van der Waals surface area contributed by atoms with E-state index in [1.54, 1.807) is 12.2 Å². The number of allylic oxidation sites excluding steroid dienone is 2. The Morgan fingerprint density at radius 3 is 2.35 bits per heavy atom. The lowest BCUT2D eigenvalue weighted by Crippen LogP contribution is -2.09. The van der Waals surface area contributed by atoms with E-state index < -0.39 is 0 Å². The van der Waals surface area contributed by atoms with Gasteiger partial charge in [-0.25, -0.2) is 0 Å². The van der Waals surface area contributed by atoms with Gasteiger partial charge < -0.3 is 15.9 Å². The van der Waals surface area contributed by atoms with Crippen LogP contribution in [0, 0.1) is 11.3 Å². The van der Waals surface area contributed by atoms with Crippen molar-refractivity contribution in [2.24, 2.45) is 5.73 Å². The molecule has 4 N–H and O–H groups in total. The van der Waals surface area contributed by atoms with Gasteiger partial charge in [0, 0.05) is 6.07 Å². The van der Waals surface area contributed by atoms with Crippen molar-refractivity contribution in [1.82, 2.24) is 0 Å². The summed E-state index contributed by atoms with van der Waals surface area (Å²) in [5, 5.41) is 27.2. The highest BCUT2D eigenvalue weighted by Crippen LogP contribution is 2.21. The van der Waals surface area contributed by atoms with Crippen LogP contribution >= 0.6 is 12.2 Å². The van der Waals surface area contributed by atoms with Gasteiger partial charge in [-0.15, -0.1) is 0 Å². The molecule has 0 radical (unpaired) electrons. The second-order valence-electron chi connectivity index (χ2n) is 3.20. The van der Waals surface area contributed by atoms with E-state index >= 15 is 0 Å². The number of benzene rings is 1. The van der Waals surface area contributed by atoms with Crippen molar-refractivity contribution in [2.45, 2.75) is 0 Å². The van der Waals surface area contributed by atoms with E-state index in [0.29, 0.717) is 5.56 Å². The van der Waals surface area contributed by atoms with Crippen LogP contribution in [0.4, 0.5) is 0 Å². The molecular weight excluding hydrogens is 236 g/mol. The van der Waals surface area contributed by atoms with Gasteiger partial charge in [-0.1, -0.05) is 24.4 Å². The monoisotopic (exact) mass is 246 g/mol. The Balaban J connectivity index is 2.92. The number of thiocarbonyl (C=S) groups is 1. The molecule has 0 saturated carbocycles. The Morgan fingerprint density at radius 2 is 1.88 bits per heavy atom. The molecule has 0 fully saturated rings. The summed E-state index contributed by atoms with van der Waals surface area (Å²) in [4.78, 5) is 0.0240. The molecule has 0 unspecified atom stereocenters. The first-order chi connectivity index (χ1) is 8.02. The second kappa shape index (κ2) is 5.68. The predicted molar refractivity (Wildman–Crippen MR) is 69.3 cm³/mol. The van der Waals surface area contributed by atoms with Gasteiger partial charge in [0.15, 0.2) is 0 Å². The van der Waals surface area contributed by atoms with Crippen LogP contribution in [-0.2, 0) is 0 Å². The lowest BCUT2D eigenvalue weighted by Gasteiger charge is -1.97. The van der Waals surface area contributed by atoms with Crippen molar-refractivity contribution in [1.29, 1.82) is 5.26 Å². The number of hydrogen-bond donors (Lipinski definition) is 3. The molecule has 0 aromatic heterocycles. The Kier molecular flexibility index (Phi) is 4.26. The zero-order chi connectivity index (χ0) is 12.8. The molecule has 0 amide bonds. The van der Waals surface area contributed by atoms with Crippen LogP contribution in [0.2, 0.25) is 0 Å². The van der Waals surface area contributed by atoms with E-state index in [9.17, 15) is 10.2 Å². The lowest BCUT2D eigenvalue weighted by molar-refractivity contribution is 0.450. The molecule has 0 aliphatic carbocycles. The SMILES string of the molecule is N#C/C(=C\C=C\c1cc(O)cc(O)c1)C(N)=S. The number of rotatable bonds is 3. The molecular formula is C12H10N2O2S. The number of hydrogen-bond acceptors (Lipinski definition) is 4. The van der Waals surface area contributed by atoms with Gasteiger partial charge in [0.2, 0.25) is 0 Å². The highest BCUT2D eigenvalue weighted by atomic mass is 32.1. The summed E-state index contributed by atoms with van der Waals surface area (Å²) in [5.74, 6) is -0.0769. The minimum Gasteiger partial charge on any atom is -0.508 e. The first-order valence-corrected chi connectivity index (χ1v) is 5.05. The molecule has 4 nitrogen and oxygen atoms in total. The van der Waals surface area contributed by atoms with Crippen molar-refractivity contribution in [2.75, 3.05) is 0 Å². The van der Waals surface area contributed by atoms with Crippen molar-refractivity contribution in [3.8, 4) is 17.6 Å². The summed E-state index contributed by atoms with van der Waals surface area (Å²) in [7, 11) is 0. The number of phenols is 2. The van der Waals surface area contributed by atoms with Crippen LogP contribution in [-0.4, -0.2) is 15.2 Å². The fourth-order valence-corrected chi connectivity index (χ4v) is 1.26. The Labute approximate surface area is 104 Å². The van der Waals surface area contributed by atoms with Gasteiger partial charge >= 0.3 is 0 Å². The molecule has 0 spiro atoms. The zero-order valence-corrected chi connectivity index (χ0v) is 9.61. The molecule has 86 valence electrons. The van der Waals surface area contributed by atoms with Crippen molar-refractivity contribution in [3.63, 3.8) is 0 Å². The van der Waals surface area contributed by atoms with Crippen LogP contribution in [0.1, 0.15) is 5.56 Å². The van der Waals surface area contributed by atoms with Gasteiger partial charge in [0.1, 0.15) is 22.6 Å². The molecule has 0 bridgehead atoms. The van der Waals surface area contributed by atoms with E-state index in [1.165, 1.54) is 24.3 Å². The quantitative estimate of drug-likeness (QED) is 0.328. The largest absolute Gasteiger partial charge is 0.508 e. The summed E-state index contributed by atoms with van der Waals surface area (Å²) in [6, 6.07) is 6.02. The van der Waals surface area contributed by atoms with E-state index in [1.807, 2.05) is 6.07 Å². The third kappa shape index (κ3) is 3.97. The summed E-state index contributed by atoms with van der Waals surface area (Å²) in [6.45, 7) is 0. The van der Waals surface area contributed by atoms with Crippen LogP contribution in [0.25, 0.3) is 6.08 Å². The number of nitriles is 1. The highest BCUT2D eigenvalue weighted by Gasteiger charge is 1.97. The molecule has 17 heavy (non-hydrogen) atoms. The van der Waals surface area contributed by atoms with Gasteiger partial charge in [-0.3, -0.25) is 0 Å².